The highest BCUT2D eigenvalue weighted by Gasteiger charge is 2.24. The maximum atomic E-state index is 12.6. The number of hydrogen-bond donors (Lipinski definition) is 1. The molecular weight excluding hydrogens is 344 g/mol. The number of aromatic nitrogens is 2. The predicted molar refractivity (Wildman–Crippen MR) is 101 cm³/mol. The van der Waals surface area contributed by atoms with Crippen LogP contribution in [0.2, 0.25) is 0 Å². The third kappa shape index (κ3) is 3.31. The number of anilines is 1. The zero-order valence-electron chi connectivity index (χ0n) is 14.5. The van der Waals surface area contributed by atoms with Crippen molar-refractivity contribution in [1.82, 2.24) is 9.78 Å². The van der Waals surface area contributed by atoms with E-state index in [0.717, 1.165) is 19.3 Å². The molecule has 1 atom stereocenters. The van der Waals surface area contributed by atoms with Crippen molar-refractivity contribution in [1.29, 1.82) is 0 Å². The molecule has 1 N–H and O–H groups in total. The molecule has 1 aromatic heterocycles. The maximum absolute atomic E-state index is 12.6. The second-order valence-corrected chi connectivity index (χ2v) is 6.53. The van der Waals surface area contributed by atoms with Crippen LogP contribution in [-0.2, 0) is 6.42 Å². The largest absolute Gasteiger partial charge is 0.307 e. The molecular formula is C20H18N4O3. The van der Waals surface area contributed by atoms with E-state index in [-0.39, 0.29) is 17.3 Å². The first-order chi connectivity index (χ1) is 13.1. The zero-order chi connectivity index (χ0) is 18.8. The Hall–Kier alpha value is -3.48. The Morgan fingerprint density at radius 2 is 2.04 bits per heavy atom. The molecule has 0 saturated carbocycles. The Kier molecular flexibility index (Phi) is 4.42. The fraction of sp³-hybridized carbons (Fsp3) is 0.200. The number of amides is 1. The minimum Gasteiger partial charge on any atom is -0.307 e. The quantitative estimate of drug-likeness (QED) is 0.562. The van der Waals surface area contributed by atoms with Gasteiger partial charge in [0.05, 0.1) is 17.2 Å². The van der Waals surface area contributed by atoms with E-state index < -0.39 is 10.8 Å². The zero-order valence-corrected chi connectivity index (χ0v) is 14.5. The number of benzene rings is 2. The SMILES string of the molecule is O=C(Nc1ccnn1C1CCCc2ccccc21)c1cccc([N+](=O)[O-])c1. The number of rotatable bonds is 4. The predicted octanol–water partition coefficient (Wildman–Crippen LogP) is 3.97. The molecule has 7 nitrogen and oxygen atoms in total. The van der Waals surface area contributed by atoms with Crippen molar-refractivity contribution in [3.8, 4) is 0 Å². The van der Waals surface area contributed by atoms with Crippen molar-refractivity contribution in [2.24, 2.45) is 0 Å². The van der Waals surface area contributed by atoms with Crippen LogP contribution in [0, 0.1) is 10.1 Å². The number of nitro groups is 1. The highest BCUT2D eigenvalue weighted by Crippen LogP contribution is 2.34. The van der Waals surface area contributed by atoms with Crippen molar-refractivity contribution in [2.75, 3.05) is 5.32 Å². The smallest absolute Gasteiger partial charge is 0.270 e. The van der Waals surface area contributed by atoms with Gasteiger partial charge in [-0.25, -0.2) is 4.68 Å². The Bertz CT molecular complexity index is 1010. The van der Waals surface area contributed by atoms with E-state index in [2.05, 4.69) is 22.5 Å². The van der Waals surface area contributed by atoms with Gasteiger partial charge in [-0.1, -0.05) is 30.3 Å². The lowest BCUT2D eigenvalue weighted by atomic mass is 9.88. The molecule has 1 unspecified atom stereocenters. The van der Waals surface area contributed by atoms with Crippen molar-refractivity contribution >= 4 is 17.4 Å². The lowest BCUT2D eigenvalue weighted by Crippen LogP contribution is -2.22. The monoisotopic (exact) mass is 362 g/mol. The summed E-state index contributed by atoms with van der Waals surface area (Å²) in [5.74, 6) is 0.178. The Balaban J connectivity index is 1.61. The van der Waals surface area contributed by atoms with Gasteiger partial charge in [-0.2, -0.15) is 5.10 Å². The minimum atomic E-state index is -0.514. The summed E-state index contributed by atoms with van der Waals surface area (Å²) in [6.07, 6.45) is 4.70. The molecule has 1 amide bonds. The molecule has 0 bridgehead atoms. The molecule has 1 aliphatic carbocycles. The second-order valence-electron chi connectivity index (χ2n) is 6.53. The fourth-order valence-electron chi connectivity index (χ4n) is 3.59. The third-order valence-corrected chi connectivity index (χ3v) is 4.86. The Morgan fingerprint density at radius 3 is 2.89 bits per heavy atom. The number of aryl methyl sites for hydroxylation is 1. The summed E-state index contributed by atoms with van der Waals surface area (Å²) in [5.41, 5.74) is 2.65. The van der Waals surface area contributed by atoms with Crippen molar-refractivity contribution in [3.05, 3.63) is 87.6 Å². The molecule has 1 aliphatic rings. The van der Waals surface area contributed by atoms with Gasteiger partial charge in [0.25, 0.3) is 11.6 Å². The van der Waals surface area contributed by atoms with Gasteiger partial charge in [0.1, 0.15) is 5.82 Å². The van der Waals surface area contributed by atoms with Gasteiger partial charge in [-0.15, -0.1) is 0 Å². The first-order valence-corrected chi connectivity index (χ1v) is 8.80. The van der Waals surface area contributed by atoms with E-state index in [1.807, 2.05) is 16.8 Å². The van der Waals surface area contributed by atoms with E-state index >= 15 is 0 Å². The summed E-state index contributed by atoms with van der Waals surface area (Å²) < 4.78 is 1.83. The van der Waals surface area contributed by atoms with Crippen molar-refractivity contribution in [2.45, 2.75) is 25.3 Å². The number of non-ortho nitro benzene ring substituents is 1. The average molecular weight is 362 g/mol. The summed E-state index contributed by atoms with van der Waals surface area (Å²) in [7, 11) is 0. The van der Waals surface area contributed by atoms with Gasteiger partial charge in [0, 0.05) is 23.8 Å². The van der Waals surface area contributed by atoms with Gasteiger partial charge in [0.2, 0.25) is 0 Å². The molecule has 1 heterocycles. The highest BCUT2D eigenvalue weighted by molar-refractivity contribution is 6.04. The minimum absolute atomic E-state index is 0.0605. The van der Waals surface area contributed by atoms with E-state index in [9.17, 15) is 14.9 Å². The number of nitrogens with zero attached hydrogens (tertiary/aromatic N) is 3. The standard InChI is InChI=1S/C20H18N4O3/c25-20(15-7-3-8-16(13-15)24(26)27)22-19-11-12-21-23(19)18-10-4-6-14-5-1-2-9-17(14)18/h1-3,5,7-9,11-13,18H,4,6,10H2,(H,22,25). The van der Waals surface area contributed by atoms with Crippen molar-refractivity contribution < 1.29 is 9.72 Å². The summed E-state index contributed by atoms with van der Waals surface area (Å²) in [4.78, 5) is 23.0. The third-order valence-electron chi connectivity index (χ3n) is 4.86. The van der Waals surface area contributed by atoms with E-state index in [1.54, 1.807) is 18.3 Å². The number of carbonyl (C=O) groups is 1. The van der Waals surface area contributed by atoms with Gasteiger partial charge >= 0.3 is 0 Å². The molecule has 7 heteroatoms. The molecule has 27 heavy (non-hydrogen) atoms. The molecule has 0 fully saturated rings. The molecule has 0 aliphatic heterocycles. The number of hydrogen-bond acceptors (Lipinski definition) is 4. The van der Waals surface area contributed by atoms with Crippen LogP contribution in [0.4, 0.5) is 11.5 Å². The molecule has 3 aromatic rings. The summed E-state index contributed by atoms with van der Waals surface area (Å²) >= 11 is 0. The van der Waals surface area contributed by atoms with E-state index in [4.69, 9.17) is 0 Å². The lowest BCUT2D eigenvalue weighted by molar-refractivity contribution is -0.384. The first kappa shape index (κ1) is 17.0. The van der Waals surface area contributed by atoms with E-state index in [1.165, 1.54) is 29.3 Å². The van der Waals surface area contributed by atoms with Gasteiger partial charge in [-0.05, 0) is 36.5 Å². The van der Waals surface area contributed by atoms with Crippen LogP contribution < -0.4 is 5.32 Å². The normalized spacial score (nSPS) is 15.8. The van der Waals surface area contributed by atoms with Crippen LogP contribution in [0.5, 0.6) is 0 Å². The molecule has 136 valence electrons. The Labute approximate surface area is 155 Å². The van der Waals surface area contributed by atoms with Gasteiger partial charge < -0.3 is 5.32 Å². The van der Waals surface area contributed by atoms with Gasteiger partial charge in [0.15, 0.2) is 0 Å². The number of nitrogens with one attached hydrogen (secondary N) is 1. The molecule has 0 radical (unpaired) electrons. The van der Waals surface area contributed by atoms with Crippen LogP contribution in [0.1, 0.15) is 40.4 Å². The second kappa shape index (κ2) is 7.03. The van der Waals surface area contributed by atoms with Gasteiger partial charge in [-0.3, -0.25) is 14.9 Å². The molecule has 0 saturated heterocycles. The fourth-order valence-corrected chi connectivity index (χ4v) is 3.59. The number of nitro benzene ring substituents is 1. The molecule has 0 spiro atoms. The van der Waals surface area contributed by atoms with Crippen LogP contribution in [0.15, 0.2) is 60.8 Å². The average Bonchev–Trinajstić information content (AvgIpc) is 3.15. The van der Waals surface area contributed by atoms with Crippen molar-refractivity contribution in [3.63, 3.8) is 0 Å². The highest BCUT2D eigenvalue weighted by atomic mass is 16.6. The topological polar surface area (TPSA) is 90.1 Å². The number of fused-ring (bicyclic) bond motifs is 1. The molecule has 2 aromatic carbocycles. The summed E-state index contributed by atoms with van der Waals surface area (Å²) in [6, 6.07) is 15.8. The van der Waals surface area contributed by atoms with Crippen LogP contribution in [-0.4, -0.2) is 20.6 Å². The summed E-state index contributed by atoms with van der Waals surface area (Å²) in [5, 5.41) is 18.2. The van der Waals surface area contributed by atoms with E-state index in [0.29, 0.717) is 5.82 Å². The van der Waals surface area contributed by atoms with Crippen LogP contribution in [0.25, 0.3) is 0 Å². The maximum Gasteiger partial charge on any atom is 0.270 e. The van der Waals surface area contributed by atoms with Crippen LogP contribution in [0.3, 0.4) is 0 Å². The van der Waals surface area contributed by atoms with Crippen LogP contribution >= 0.6 is 0 Å². The summed E-state index contributed by atoms with van der Waals surface area (Å²) in [6.45, 7) is 0. The Morgan fingerprint density at radius 1 is 1.19 bits per heavy atom. The first-order valence-electron chi connectivity index (χ1n) is 8.80. The molecule has 4 rings (SSSR count). The number of carbonyl (C=O) groups excluding carboxylic acids is 1. The lowest BCUT2D eigenvalue weighted by Gasteiger charge is -2.27.